The molecule has 0 spiro atoms. The first kappa shape index (κ1) is 22.7. The highest BCUT2D eigenvalue weighted by molar-refractivity contribution is 5.90. The average Bonchev–Trinajstić information content (AvgIpc) is 2.62. The smallest absolute Gasteiger partial charge is 0.422 e. The van der Waals surface area contributed by atoms with Gasteiger partial charge in [0.1, 0.15) is 17.3 Å². The molecule has 0 saturated heterocycles. The highest BCUT2D eigenvalue weighted by atomic mass is 19.4. The molecule has 2 unspecified atom stereocenters. The topological polar surface area (TPSA) is 52.6 Å². The van der Waals surface area contributed by atoms with Crippen molar-refractivity contribution in [3.63, 3.8) is 0 Å². The summed E-state index contributed by atoms with van der Waals surface area (Å²) in [6.07, 6.45) is -2.72. The molecule has 1 aliphatic rings. The number of ether oxygens (including phenoxy) is 2. The van der Waals surface area contributed by atoms with Crippen molar-refractivity contribution in [2.75, 3.05) is 0 Å². The van der Waals surface area contributed by atoms with E-state index in [0.717, 1.165) is 11.1 Å². The first-order chi connectivity index (χ1) is 13.3. The molecule has 1 aromatic carbocycles. The molecule has 7 heteroatoms. The molecule has 2 atom stereocenters. The van der Waals surface area contributed by atoms with Gasteiger partial charge >= 0.3 is 18.1 Å². The van der Waals surface area contributed by atoms with Gasteiger partial charge in [0.15, 0.2) is 0 Å². The summed E-state index contributed by atoms with van der Waals surface area (Å²) in [5.41, 5.74) is -0.465. The second-order valence-corrected chi connectivity index (χ2v) is 7.85. The molecular formula is C22H25F3O4. The van der Waals surface area contributed by atoms with Crippen molar-refractivity contribution in [3.05, 3.63) is 59.2 Å². The van der Waals surface area contributed by atoms with Crippen LogP contribution < -0.4 is 0 Å². The number of carbonyl (C=O) groups is 2. The Morgan fingerprint density at radius 1 is 1.10 bits per heavy atom. The van der Waals surface area contributed by atoms with E-state index in [2.05, 4.69) is 6.58 Å². The van der Waals surface area contributed by atoms with Crippen molar-refractivity contribution in [2.24, 2.45) is 5.92 Å². The van der Waals surface area contributed by atoms with E-state index in [0.29, 0.717) is 18.4 Å². The van der Waals surface area contributed by atoms with Crippen LogP contribution in [-0.2, 0) is 14.3 Å². The number of esters is 2. The molecule has 0 radical (unpaired) electrons. The Balaban J connectivity index is 2.08. The summed E-state index contributed by atoms with van der Waals surface area (Å²) in [4.78, 5) is 24.3. The lowest BCUT2D eigenvalue weighted by atomic mass is 9.78. The van der Waals surface area contributed by atoms with E-state index in [1.807, 2.05) is 19.9 Å². The minimum absolute atomic E-state index is 0.327. The van der Waals surface area contributed by atoms with E-state index < -0.39 is 35.4 Å². The van der Waals surface area contributed by atoms with Crippen molar-refractivity contribution in [2.45, 2.75) is 58.4 Å². The molecule has 29 heavy (non-hydrogen) atoms. The maximum absolute atomic E-state index is 12.7. The van der Waals surface area contributed by atoms with Gasteiger partial charge in [-0.15, -0.1) is 0 Å². The monoisotopic (exact) mass is 410 g/mol. The zero-order chi connectivity index (χ0) is 22.0. The fourth-order valence-corrected chi connectivity index (χ4v) is 3.10. The van der Waals surface area contributed by atoms with Crippen LogP contribution in [0.5, 0.6) is 0 Å². The number of hydrogen-bond donors (Lipinski definition) is 0. The molecule has 0 aliphatic heterocycles. The van der Waals surface area contributed by atoms with Crippen LogP contribution in [0, 0.1) is 12.8 Å². The lowest BCUT2D eigenvalue weighted by molar-refractivity contribution is -0.167. The summed E-state index contributed by atoms with van der Waals surface area (Å²) < 4.78 is 48.8. The van der Waals surface area contributed by atoms with Gasteiger partial charge in [0.05, 0.1) is 5.56 Å². The van der Waals surface area contributed by atoms with E-state index in [-0.39, 0.29) is 5.92 Å². The van der Waals surface area contributed by atoms with Crippen molar-refractivity contribution in [1.29, 1.82) is 0 Å². The summed E-state index contributed by atoms with van der Waals surface area (Å²) in [6.45, 7) is 9.61. The number of hydrogen-bond acceptors (Lipinski definition) is 4. The van der Waals surface area contributed by atoms with Crippen molar-refractivity contribution in [3.8, 4) is 0 Å². The number of halogens is 3. The van der Waals surface area contributed by atoms with E-state index in [4.69, 9.17) is 9.47 Å². The predicted octanol–water partition coefficient (Wildman–Crippen LogP) is 5.32. The molecule has 2 rings (SSSR count). The van der Waals surface area contributed by atoms with Gasteiger partial charge in [-0.05, 0) is 58.2 Å². The number of rotatable bonds is 5. The molecule has 158 valence electrons. The van der Waals surface area contributed by atoms with Gasteiger partial charge in [-0.1, -0.05) is 30.4 Å². The van der Waals surface area contributed by atoms with Crippen LogP contribution in [0.4, 0.5) is 13.2 Å². The Morgan fingerprint density at radius 3 is 2.24 bits per heavy atom. The molecule has 0 bridgehead atoms. The summed E-state index contributed by atoms with van der Waals surface area (Å²) in [5, 5.41) is 0. The van der Waals surface area contributed by atoms with Gasteiger partial charge in [0.25, 0.3) is 0 Å². The Bertz CT molecular complexity index is 819. The summed E-state index contributed by atoms with van der Waals surface area (Å²) in [5.74, 6) is -2.31. The Labute approximate surface area is 168 Å². The number of allylic oxidation sites excluding steroid dienone is 1. The zero-order valence-electron chi connectivity index (χ0n) is 16.9. The highest BCUT2D eigenvalue weighted by Crippen LogP contribution is 2.37. The molecule has 1 aliphatic carbocycles. The standard InChI is InChI=1S/C22H25F3O4/c1-13-6-9-16(10-7-13)20(27)28-18-12-17(11-8-14(18)2)21(4,5)29-19(26)15(3)22(23,24)25/h6-10,17-18H,3,11-12H2,1-2,4-5H3. The van der Waals surface area contributed by atoms with Gasteiger partial charge in [0, 0.05) is 5.92 Å². The molecular weight excluding hydrogens is 385 g/mol. The van der Waals surface area contributed by atoms with E-state index in [1.165, 1.54) is 0 Å². The minimum Gasteiger partial charge on any atom is -0.456 e. The van der Waals surface area contributed by atoms with Gasteiger partial charge in [-0.25, -0.2) is 9.59 Å². The fourth-order valence-electron chi connectivity index (χ4n) is 3.10. The largest absolute Gasteiger partial charge is 0.456 e. The lowest BCUT2D eigenvalue weighted by Gasteiger charge is -2.38. The lowest BCUT2D eigenvalue weighted by Crippen LogP contribution is -2.42. The SMILES string of the molecule is C=C(C(=O)OC(C)(C)C1CC=C(C)C(OC(=O)c2ccc(C)cc2)C1)C(F)(F)F. The fraction of sp³-hybridized carbons (Fsp3) is 0.455. The Morgan fingerprint density at radius 2 is 1.69 bits per heavy atom. The number of aryl methyl sites for hydroxylation is 1. The van der Waals surface area contributed by atoms with Crippen LogP contribution in [0.1, 0.15) is 49.5 Å². The quantitative estimate of drug-likeness (QED) is 0.375. The molecule has 4 nitrogen and oxygen atoms in total. The minimum atomic E-state index is -4.84. The molecule has 0 N–H and O–H groups in total. The van der Waals surface area contributed by atoms with Crippen LogP contribution in [-0.4, -0.2) is 29.8 Å². The second-order valence-electron chi connectivity index (χ2n) is 7.85. The average molecular weight is 410 g/mol. The second kappa shape index (κ2) is 8.43. The first-order valence-electron chi connectivity index (χ1n) is 9.25. The third-order valence-electron chi connectivity index (χ3n) is 5.19. The van der Waals surface area contributed by atoms with Gasteiger partial charge in [-0.2, -0.15) is 13.2 Å². The summed E-state index contributed by atoms with van der Waals surface area (Å²) >= 11 is 0. The van der Waals surface area contributed by atoms with Crippen molar-refractivity contribution >= 4 is 11.9 Å². The van der Waals surface area contributed by atoms with Crippen molar-refractivity contribution in [1.82, 2.24) is 0 Å². The summed E-state index contributed by atoms with van der Waals surface area (Å²) in [6, 6.07) is 6.95. The van der Waals surface area contributed by atoms with E-state index >= 15 is 0 Å². The number of alkyl halides is 3. The van der Waals surface area contributed by atoms with E-state index in [9.17, 15) is 22.8 Å². The zero-order valence-corrected chi connectivity index (χ0v) is 16.9. The van der Waals surface area contributed by atoms with Crippen LogP contribution in [0.15, 0.2) is 48.1 Å². The Hall–Kier alpha value is -2.57. The highest BCUT2D eigenvalue weighted by Gasteiger charge is 2.43. The molecule has 0 heterocycles. The third-order valence-corrected chi connectivity index (χ3v) is 5.19. The van der Waals surface area contributed by atoms with Gasteiger partial charge < -0.3 is 9.47 Å². The first-order valence-corrected chi connectivity index (χ1v) is 9.25. The van der Waals surface area contributed by atoms with Crippen LogP contribution in [0.25, 0.3) is 0 Å². The van der Waals surface area contributed by atoms with Gasteiger partial charge in [0.2, 0.25) is 0 Å². The molecule has 1 aromatic rings. The Kier molecular flexibility index (Phi) is 6.60. The van der Waals surface area contributed by atoms with Crippen LogP contribution >= 0.6 is 0 Å². The normalized spacial score (nSPS) is 19.9. The number of carbonyl (C=O) groups excluding carboxylic acids is 2. The molecule has 0 fully saturated rings. The molecule has 0 amide bonds. The van der Waals surface area contributed by atoms with Crippen molar-refractivity contribution < 1.29 is 32.2 Å². The third kappa shape index (κ3) is 5.71. The van der Waals surface area contributed by atoms with E-state index in [1.54, 1.807) is 38.1 Å². The molecule has 0 saturated carbocycles. The number of benzene rings is 1. The molecule has 0 aromatic heterocycles. The maximum Gasteiger partial charge on any atom is 0.422 e. The summed E-state index contributed by atoms with van der Waals surface area (Å²) in [7, 11) is 0. The van der Waals surface area contributed by atoms with Gasteiger partial charge in [-0.3, -0.25) is 0 Å². The van der Waals surface area contributed by atoms with Crippen LogP contribution in [0.3, 0.4) is 0 Å². The van der Waals surface area contributed by atoms with Crippen LogP contribution in [0.2, 0.25) is 0 Å². The maximum atomic E-state index is 12.7. The predicted molar refractivity (Wildman–Crippen MR) is 102 cm³/mol.